The highest BCUT2D eigenvalue weighted by atomic mass is 16.6. The molecule has 0 atom stereocenters. The predicted molar refractivity (Wildman–Crippen MR) is 129 cm³/mol. The van der Waals surface area contributed by atoms with Crippen molar-refractivity contribution in [1.29, 1.82) is 0 Å². The molecule has 0 aliphatic heterocycles. The third-order valence-corrected chi connectivity index (χ3v) is 5.40. The average molecular weight is 424 g/mol. The van der Waals surface area contributed by atoms with E-state index in [9.17, 15) is 9.90 Å². The normalized spacial score (nSPS) is 12.4. The molecule has 0 aliphatic rings. The van der Waals surface area contributed by atoms with Crippen LogP contribution in [-0.2, 0) is 16.4 Å². The number of hydrogen-bond donors (Lipinski definition) is 2. The first kappa shape index (κ1) is 24.5. The maximum absolute atomic E-state index is 12.8. The van der Waals surface area contributed by atoms with Gasteiger partial charge in [0.15, 0.2) is 0 Å². The fraction of sp³-hybridized carbons (Fsp3) is 0.444. The van der Waals surface area contributed by atoms with Crippen LogP contribution in [0.25, 0.3) is 5.57 Å². The van der Waals surface area contributed by atoms with Crippen LogP contribution in [0.15, 0.2) is 43.0 Å². The summed E-state index contributed by atoms with van der Waals surface area (Å²) in [7, 11) is 0. The Morgan fingerprint density at radius 2 is 1.45 bits per heavy atom. The summed E-state index contributed by atoms with van der Waals surface area (Å²) in [6, 6.07) is 11.5. The Balaban J connectivity index is 2.35. The van der Waals surface area contributed by atoms with Crippen LogP contribution in [0.1, 0.15) is 84.6 Å². The topological polar surface area (TPSA) is 58.6 Å². The summed E-state index contributed by atoms with van der Waals surface area (Å²) in [5.41, 5.74) is 3.20. The maximum atomic E-state index is 12.8. The molecule has 31 heavy (non-hydrogen) atoms. The quantitative estimate of drug-likeness (QED) is 0.554. The van der Waals surface area contributed by atoms with E-state index in [4.69, 9.17) is 4.74 Å². The molecule has 0 radical (unpaired) electrons. The molecule has 2 aromatic carbocycles. The number of aromatic hydroxyl groups is 1. The summed E-state index contributed by atoms with van der Waals surface area (Å²) in [6.07, 6.45) is -0.545. The Kier molecular flexibility index (Phi) is 6.65. The van der Waals surface area contributed by atoms with Crippen LogP contribution in [0.5, 0.6) is 11.5 Å². The van der Waals surface area contributed by atoms with Crippen LogP contribution in [0, 0.1) is 0 Å². The number of allylic oxidation sites excluding steroid dienone is 1. The average Bonchev–Trinajstić information content (AvgIpc) is 2.60. The van der Waals surface area contributed by atoms with Gasteiger partial charge in [-0.25, -0.2) is 4.79 Å². The third kappa shape index (κ3) is 5.90. The molecule has 0 saturated carbocycles. The fourth-order valence-corrected chi connectivity index (χ4v) is 3.44. The van der Waals surface area contributed by atoms with Gasteiger partial charge >= 0.3 is 6.09 Å². The molecular weight excluding hydrogens is 386 g/mol. The molecule has 2 aromatic rings. The second kappa shape index (κ2) is 8.41. The lowest BCUT2D eigenvalue weighted by Gasteiger charge is -2.29. The predicted octanol–water partition coefficient (Wildman–Crippen LogP) is 7.04. The van der Waals surface area contributed by atoms with Gasteiger partial charge in [0.05, 0.1) is 5.54 Å². The number of amides is 1. The number of benzene rings is 2. The Morgan fingerprint density at radius 3 is 1.90 bits per heavy atom. The molecule has 2 N–H and O–H groups in total. The second-order valence-electron chi connectivity index (χ2n) is 10.9. The molecule has 0 spiro atoms. The van der Waals surface area contributed by atoms with Crippen LogP contribution >= 0.6 is 0 Å². The molecule has 0 aliphatic carbocycles. The van der Waals surface area contributed by atoms with E-state index in [1.165, 1.54) is 0 Å². The lowest BCUT2D eigenvalue weighted by molar-refractivity contribution is 0.188. The van der Waals surface area contributed by atoms with Crippen molar-refractivity contribution in [2.45, 2.75) is 78.7 Å². The minimum atomic E-state index is -0.640. The summed E-state index contributed by atoms with van der Waals surface area (Å²) >= 11 is 0. The SMILES string of the molecule is C=C(C)c1cccc(C(C)(C)NC(=O)Oc2cc(C(C)(C)C)c(O)c(C(C)(C)C)c2)c1. The van der Waals surface area contributed by atoms with Crippen LogP contribution < -0.4 is 10.1 Å². The van der Waals surface area contributed by atoms with Crippen molar-refractivity contribution in [2.75, 3.05) is 0 Å². The van der Waals surface area contributed by atoms with Gasteiger partial charge in [-0.15, -0.1) is 0 Å². The van der Waals surface area contributed by atoms with Crippen LogP contribution in [0.2, 0.25) is 0 Å². The molecule has 0 fully saturated rings. The Morgan fingerprint density at radius 1 is 0.935 bits per heavy atom. The highest BCUT2D eigenvalue weighted by Gasteiger charge is 2.29. The number of nitrogens with one attached hydrogen (secondary N) is 1. The molecular formula is C27H37NO3. The van der Waals surface area contributed by atoms with Crippen molar-refractivity contribution < 1.29 is 14.6 Å². The molecule has 0 heterocycles. The molecule has 0 unspecified atom stereocenters. The van der Waals surface area contributed by atoms with Gasteiger partial charge in [-0.3, -0.25) is 0 Å². The van der Waals surface area contributed by atoms with Crippen molar-refractivity contribution in [3.05, 3.63) is 65.2 Å². The van der Waals surface area contributed by atoms with Crippen molar-refractivity contribution >= 4 is 11.7 Å². The van der Waals surface area contributed by atoms with Gasteiger partial charge in [0.1, 0.15) is 11.5 Å². The number of phenols is 1. The molecule has 0 aromatic heterocycles. The van der Waals surface area contributed by atoms with Gasteiger partial charge in [-0.2, -0.15) is 0 Å². The first-order valence-corrected chi connectivity index (χ1v) is 10.7. The zero-order chi connectivity index (χ0) is 23.8. The summed E-state index contributed by atoms with van der Waals surface area (Å²) in [5, 5.41) is 13.8. The van der Waals surface area contributed by atoms with Crippen LogP contribution in [0.3, 0.4) is 0 Å². The van der Waals surface area contributed by atoms with Gasteiger partial charge in [-0.1, -0.05) is 71.9 Å². The van der Waals surface area contributed by atoms with E-state index >= 15 is 0 Å². The minimum Gasteiger partial charge on any atom is -0.507 e. The smallest absolute Gasteiger partial charge is 0.413 e. The summed E-state index contributed by atoms with van der Waals surface area (Å²) in [5.74, 6) is 0.668. The maximum Gasteiger partial charge on any atom is 0.413 e. The van der Waals surface area contributed by atoms with Gasteiger partial charge in [0.2, 0.25) is 0 Å². The monoisotopic (exact) mass is 423 g/mol. The van der Waals surface area contributed by atoms with E-state index in [1.54, 1.807) is 12.1 Å². The fourth-order valence-electron chi connectivity index (χ4n) is 3.44. The number of hydrogen-bond acceptors (Lipinski definition) is 3. The van der Waals surface area contributed by atoms with Crippen LogP contribution in [-0.4, -0.2) is 11.2 Å². The molecule has 1 amide bonds. The molecule has 0 bridgehead atoms. The number of rotatable bonds is 4. The molecule has 0 saturated heterocycles. The summed E-state index contributed by atoms with van der Waals surface area (Å²) in [6.45, 7) is 22.0. The van der Waals surface area contributed by atoms with E-state index in [0.29, 0.717) is 5.75 Å². The Hall–Kier alpha value is -2.75. The highest BCUT2D eigenvalue weighted by molar-refractivity contribution is 5.72. The molecule has 4 nitrogen and oxygen atoms in total. The third-order valence-electron chi connectivity index (χ3n) is 5.40. The number of phenolic OH excluding ortho intramolecular Hbond substituents is 1. The first-order valence-electron chi connectivity index (χ1n) is 10.7. The standard InChI is InChI=1S/C27H37NO3/c1-17(2)18-12-11-13-19(14-18)27(9,10)28-24(30)31-20-15-21(25(3,4)5)23(29)22(16-20)26(6,7)8/h11-16,29H,1H2,2-10H3,(H,28,30). The zero-order valence-corrected chi connectivity index (χ0v) is 20.4. The molecule has 168 valence electrons. The van der Waals surface area contributed by atoms with Crippen molar-refractivity contribution in [3.8, 4) is 11.5 Å². The van der Waals surface area contributed by atoms with Gasteiger partial charge in [-0.05, 0) is 60.9 Å². The highest BCUT2D eigenvalue weighted by Crippen LogP contribution is 2.41. The van der Waals surface area contributed by atoms with E-state index in [0.717, 1.165) is 27.8 Å². The van der Waals surface area contributed by atoms with Gasteiger partial charge < -0.3 is 15.2 Å². The number of carbonyl (C=O) groups excluding carboxylic acids is 1. The lowest BCUT2D eigenvalue weighted by atomic mass is 9.79. The van der Waals surface area contributed by atoms with E-state index < -0.39 is 11.6 Å². The van der Waals surface area contributed by atoms with Gasteiger partial charge in [0.25, 0.3) is 0 Å². The largest absolute Gasteiger partial charge is 0.507 e. The minimum absolute atomic E-state index is 0.254. The second-order valence-corrected chi connectivity index (χ2v) is 10.9. The van der Waals surface area contributed by atoms with Crippen molar-refractivity contribution in [3.63, 3.8) is 0 Å². The van der Waals surface area contributed by atoms with E-state index in [1.807, 2.05) is 86.6 Å². The number of carbonyl (C=O) groups is 1. The van der Waals surface area contributed by atoms with Crippen LogP contribution in [0.4, 0.5) is 4.79 Å². The number of ether oxygens (including phenoxy) is 1. The Labute approximate surface area is 187 Å². The molecule has 2 rings (SSSR count). The summed E-state index contributed by atoms with van der Waals surface area (Å²) in [4.78, 5) is 12.8. The van der Waals surface area contributed by atoms with E-state index in [2.05, 4.69) is 11.9 Å². The van der Waals surface area contributed by atoms with E-state index in [-0.39, 0.29) is 16.6 Å². The first-order chi connectivity index (χ1) is 14.0. The zero-order valence-electron chi connectivity index (χ0n) is 20.4. The molecule has 4 heteroatoms. The lowest BCUT2D eigenvalue weighted by Crippen LogP contribution is -2.42. The summed E-state index contributed by atoms with van der Waals surface area (Å²) < 4.78 is 5.70. The van der Waals surface area contributed by atoms with Crippen molar-refractivity contribution in [2.24, 2.45) is 0 Å². The van der Waals surface area contributed by atoms with Crippen molar-refractivity contribution in [1.82, 2.24) is 5.32 Å². The Bertz CT molecular complexity index is 953. The van der Waals surface area contributed by atoms with Gasteiger partial charge in [0, 0.05) is 11.1 Å².